The van der Waals surface area contributed by atoms with E-state index < -0.39 is 0 Å². The fourth-order valence-corrected chi connectivity index (χ4v) is 1.94. The quantitative estimate of drug-likeness (QED) is 0.616. The third kappa shape index (κ3) is 1.06. The Balaban J connectivity index is 1.79. The first-order valence-electron chi connectivity index (χ1n) is 4.23. The SMILES string of the molecule is NC[C@@H]1C[C@H]1C1CCCO1. The summed E-state index contributed by atoms with van der Waals surface area (Å²) in [6.07, 6.45) is 4.44. The predicted octanol–water partition coefficient (Wildman–Crippen LogP) is 0.760. The molecule has 3 atom stereocenters. The highest BCUT2D eigenvalue weighted by atomic mass is 16.5. The summed E-state index contributed by atoms with van der Waals surface area (Å²) < 4.78 is 5.55. The van der Waals surface area contributed by atoms with Crippen molar-refractivity contribution in [2.24, 2.45) is 17.6 Å². The molecule has 2 heteroatoms. The molecular weight excluding hydrogens is 126 g/mol. The summed E-state index contributed by atoms with van der Waals surface area (Å²) >= 11 is 0. The average Bonchev–Trinajstić information content (AvgIpc) is 2.56. The molecule has 1 heterocycles. The van der Waals surface area contributed by atoms with Gasteiger partial charge in [0.15, 0.2) is 0 Å². The topological polar surface area (TPSA) is 35.2 Å². The lowest BCUT2D eigenvalue weighted by molar-refractivity contribution is 0.0900. The minimum atomic E-state index is 0.577. The first-order valence-corrected chi connectivity index (χ1v) is 4.23. The van der Waals surface area contributed by atoms with E-state index in [9.17, 15) is 0 Å². The van der Waals surface area contributed by atoms with E-state index in [0.29, 0.717) is 6.10 Å². The summed E-state index contributed by atoms with van der Waals surface area (Å²) in [6, 6.07) is 0. The van der Waals surface area contributed by atoms with Crippen molar-refractivity contribution in [1.29, 1.82) is 0 Å². The van der Waals surface area contributed by atoms with Gasteiger partial charge in [-0.3, -0.25) is 0 Å². The Morgan fingerprint density at radius 3 is 2.90 bits per heavy atom. The van der Waals surface area contributed by atoms with Crippen LogP contribution in [0, 0.1) is 11.8 Å². The molecule has 1 saturated heterocycles. The van der Waals surface area contributed by atoms with Gasteiger partial charge in [0, 0.05) is 6.61 Å². The van der Waals surface area contributed by atoms with Crippen LogP contribution in [-0.2, 0) is 4.74 Å². The van der Waals surface area contributed by atoms with Gasteiger partial charge in [0.1, 0.15) is 0 Å². The summed E-state index contributed by atoms with van der Waals surface area (Å²) in [5.74, 6) is 1.62. The van der Waals surface area contributed by atoms with Gasteiger partial charge in [0.05, 0.1) is 6.10 Å². The van der Waals surface area contributed by atoms with Crippen LogP contribution in [0.15, 0.2) is 0 Å². The zero-order valence-electron chi connectivity index (χ0n) is 6.25. The standard InChI is InChI=1S/C8H15NO/c9-5-6-4-7(6)8-2-1-3-10-8/h6-8H,1-5,9H2/t6-,7+,8?/m0/s1. The van der Waals surface area contributed by atoms with Gasteiger partial charge in [-0.2, -0.15) is 0 Å². The zero-order chi connectivity index (χ0) is 6.97. The molecule has 0 aromatic carbocycles. The summed E-state index contributed by atoms with van der Waals surface area (Å²) in [5.41, 5.74) is 5.54. The van der Waals surface area contributed by atoms with Crippen LogP contribution in [0.25, 0.3) is 0 Å². The fourth-order valence-electron chi connectivity index (χ4n) is 1.94. The van der Waals surface area contributed by atoms with Crippen molar-refractivity contribution < 1.29 is 4.74 Å². The molecule has 0 spiro atoms. The van der Waals surface area contributed by atoms with E-state index in [1.54, 1.807) is 0 Å². The maximum atomic E-state index is 5.55. The summed E-state index contributed by atoms with van der Waals surface area (Å²) in [4.78, 5) is 0. The Hall–Kier alpha value is -0.0800. The van der Waals surface area contributed by atoms with Crippen molar-refractivity contribution >= 4 is 0 Å². The second-order valence-corrected chi connectivity index (χ2v) is 3.45. The molecule has 0 amide bonds. The van der Waals surface area contributed by atoms with Crippen LogP contribution >= 0.6 is 0 Å². The van der Waals surface area contributed by atoms with Crippen LogP contribution in [0.1, 0.15) is 19.3 Å². The number of hydrogen-bond acceptors (Lipinski definition) is 2. The molecule has 58 valence electrons. The maximum Gasteiger partial charge on any atom is 0.0607 e. The number of rotatable bonds is 2. The molecule has 1 aliphatic carbocycles. The first-order chi connectivity index (χ1) is 4.92. The third-order valence-electron chi connectivity index (χ3n) is 2.72. The third-order valence-corrected chi connectivity index (χ3v) is 2.72. The minimum Gasteiger partial charge on any atom is -0.378 e. The van der Waals surface area contributed by atoms with Gasteiger partial charge in [-0.15, -0.1) is 0 Å². The highest BCUT2D eigenvalue weighted by molar-refractivity contribution is 4.93. The lowest BCUT2D eigenvalue weighted by atomic mass is 10.1. The molecule has 1 aliphatic heterocycles. The predicted molar refractivity (Wildman–Crippen MR) is 39.6 cm³/mol. The molecule has 2 N–H and O–H groups in total. The molecule has 2 nitrogen and oxygen atoms in total. The smallest absolute Gasteiger partial charge is 0.0607 e. The molecule has 0 aromatic rings. The Kier molecular flexibility index (Phi) is 1.66. The summed E-state index contributed by atoms with van der Waals surface area (Å²) in [6.45, 7) is 1.85. The van der Waals surface area contributed by atoms with E-state index in [1.807, 2.05) is 0 Å². The zero-order valence-corrected chi connectivity index (χ0v) is 6.25. The molecule has 0 bridgehead atoms. The van der Waals surface area contributed by atoms with Crippen LogP contribution < -0.4 is 5.73 Å². The highest BCUT2D eigenvalue weighted by Gasteiger charge is 2.43. The first kappa shape index (κ1) is 6.62. The second kappa shape index (κ2) is 2.51. The van der Waals surface area contributed by atoms with Crippen molar-refractivity contribution in [2.45, 2.75) is 25.4 Å². The van der Waals surface area contributed by atoms with Gasteiger partial charge in [-0.05, 0) is 37.6 Å². The average molecular weight is 141 g/mol. The Morgan fingerprint density at radius 2 is 2.40 bits per heavy atom. The van der Waals surface area contributed by atoms with Gasteiger partial charge >= 0.3 is 0 Å². The van der Waals surface area contributed by atoms with Crippen LogP contribution in [0.4, 0.5) is 0 Å². The van der Waals surface area contributed by atoms with Crippen molar-refractivity contribution in [3.05, 3.63) is 0 Å². The summed E-state index contributed by atoms with van der Waals surface area (Å²) in [5, 5.41) is 0. The van der Waals surface area contributed by atoms with Crippen molar-refractivity contribution in [1.82, 2.24) is 0 Å². The Bertz CT molecular complexity index is 120. The van der Waals surface area contributed by atoms with Crippen LogP contribution in [0.5, 0.6) is 0 Å². The van der Waals surface area contributed by atoms with E-state index in [4.69, 9.17) is 10.5 Å². The normalized spacial score (nSPS) is 45.9. The number of hydrogen-bond donors (Lipinski definition) is 1. The Labute approximate surface area is 61.7 Å². The summed E-state index contributed by atoms with van der Waals surface area (Å²) in [7, 11) is 0. The van der Waals surface area contributed by atoms with Gasteiger partial charge in [-0.25, -0.2) is 0 Å². The second-order valence-electron chi connectivity index (χ2n) is 3.45. The molecule has 1 unspecified atom stereocenters. The monoisotopic (exact) mass is 141 g/mol. The molecule has 1 saturated carbocycles. The van der Waals surface area contributed by atoms with E-state index in [0.717, 1.165) is 25.0 Å². The molecule has 2 rings (SSSR count). The van der Waals surface area contributed by atoms with Crippen molar-refractivity contribution in [2.75, 3.05) is 13.2 Å². The van der Waals surface area contributed by atoms with Gasteiger partial charge in [0.2, 0.25) is 0 Å². The largest absolute Gasteiger partial charge is 0.378 e. The molecule has 0 radical (unpaired) electrons. The van der Waals surface area contributed by atoms with Gasteiger partial charge < -0.3 is 10.5 Å². The van der Waals surface area contributed by atoms with Crippen molar-refractivity contribution in [3.8, 4) is 0 Å². The lowest BCUT2D eigenvalue weighted by Crippen LogP contribution is -2.12. The Morgan fingerprint density at radius 1 is 1.50 bits per heavy atom. The minimum absolute atomic E-state index is 0.577. The fraction of sp³-hybridized carbons (Fsp3) is 1.00. The molecule has 2 aliphatic rings. The molecular formula is C8H15NO. The molecule has 0 aromatic heterocycles. The maximum absolute atomic E-state index is 5.55. The number of nitrogens with two attached hydrogens (primary N) is 1. The van der Waals surface area contributed by atoms with Crippen LogP contribution in [0.3, 0.4) is 0 Å². The van der Waals surface area contributed by atoms with E-state index >= 15 is 0 Å². The lowest BCUT2D eigenvalue weighted by Gasteiger charge is -2.06. The van der Waals surface area contributed by atoms with Crippen LogP contribution in [-0.4, -0.2) is 19.3 Å². The van der Waals surface area contributed by atoms with E-state index in [2.05, 4.69) is 0 Å². The van der Waals surface area contributed by atoms with Crippen LogP contribution in [0.2, 0.25) is 0 Å². The highest BCUT2D eigenvalue weighted by Crippen LogP contribution is 2.44. The van der Waals surface area contributed by atoms with Gasteiger partial charge in [0.25, 0.3) is 0 Å². The van der Waals surface area contributed by atoms with E-state index in [-0.39, 0.29) is 0 Å². The molecule has 2 fully saturated rings. The van der Waals surface area contributed by atoms with Crippen molar-refractivity contribution in [3.63, 3.8) is 0 Å². The van der Waals surface area contributed by atoms with Gasteiger partial charge in [-0.1, -0.05) is 0 Å². The van der Waals surface area contributed by atoms with E-state index in [1.165, 1.54) is 19.3 Å². The number of ether oxygens (including phenoxy) is 1. The molecule has 10 heavy (non-hydrogen) atoms.